The second kappa shape index (κ2) is 8.03. The molecule has 0 bridgehead atoms. The highest BCUT2D eigenvalue weighted by Gasteiger charge is 2.24. The van der Waals surface area contributed by atoms with E-state index in [1.165, 1.54) is 0 Å². The molecule has 4 heteroatoms. The molecule has 1 aliphatic rings. The van der Waals surface area contributed by atoms with Crippen molar-refractivity contribution in [1.82, 2.24) is 4.90 Å². The Balaban J connectivity index is 1.95. The monoisotopic (exact) mass is 290 g/mol. The average molecular weight is 290 g/mol. The Hall–Kier alpha value is -1.55. The maximum absolute atomic E-state index is 12.5. The molecule has 1 unspecified atom stereocenters. The average Bonchev–Trinajstić information content (AvgIpc) is 2.53. The number of carbonyl (C=O) groups excluding carboxylic acids is 1. The van der Waals surface area contributed by atoms with Gasteiger partial charge in [-0.3, -0.25) is 4.79 Å². The summed E-state index contributed by atoms with van der Waals surface area (Å²) in [6, 6.07) is 7.81. The Labute approximate surface area is 127 Å². The molecule has 1 saturated heterocycles. The van der Waals surface area contributed by atoms with E-state index in [4.69, 9.17) is 4.74 Å². The van der Waals surface area contributed by atoms with Crippen molar-refractivity contribution in [2.24, 2.45) is 5.92 Å². The number of carbonyl (C=O) groups is 1. The number of methoxy groups -OCH3 is 1. The zero-order valence-electron chi connectivity index (χ0n) is 13.1. The third-order valence-corrected chi connectivity index (χ3v) is 3.92. The summed E-state index contributed by atoms with van der Waals surface area (Å²) in [7, 11) is 1.72. The lowest BCUT2D eigenvalue weighted by molar-refractivity contribution is 0.0571. The van der Waals surface area contributed by atoms with Gasteiger partial charge in [-0.1, -0.05) is 6.92 Å². The molecule has 1 heterocycles. The van der Waals surface area contributed by atoms with E-state index in [-0.39, 0.29) is 5.91 Å². The third-order valence-electron chi connectivity index (χ3n) is 3.92. The first-order valence-electron chi connectivity index (χ1n) is 7.86. The standard InChI is InChI=1S/C17H26N2O2/c1-3-10-18-16-8-6-15(7-9-16)17(20)19-11-4-5-14(12-19)13-21-2/h6-9,14,18H,3-5,10-13H2,1-2H3. The van der Waals surface area contributed by atoms with Gasteiger partial charge < -0.3 is 15.0 Å². The molecule has 1 aromatic rings. The van der Waals surface area contributed by atoms with E-state index in [1.54, 1.807) is 7.11 Å². The topological polar surface area (TPSA) is 41.6 Å². The van der Waals surface area contributed by atoms with Crippen molar-refractivity contribution in [2.75, 3.05) is 38.7 Å². The lowest BCUT2D eigenvalue weighted by Crippen LogP contribution is -2.41. The minimum absolute atomic E-state index is 0.137. The van der Waals surface area contributed by atoms with Gasteiger partial charge in [-0.25, -0.2) is 0 Å². The zero-order chi connectivity index (χ0) is 15.1. The number of nitrogens with zero attached hydrogens (tertiary/aromatic N) is 1. The summed E-state index contributed by atoms with van der Waals surface area (Å²) >= 11 is 0. The molecule has 1 aromatic carbocycles. The van der Waals surface area contributed by atoms with Crippen LogP contribution in [0.1, 0.15) is 36.5 Å². The Morgan fingerprint density at radius 1 is 1.38 bits per heavy atom. The van der Waals surface area contributed by atoms with Gasteiger partial charge in [0, 0.05) is 38.0 Å². The van der Waals surface area contributed by atoms with Gasteiger partial charge in [-0.2, -0.15) is 0 Å². The zero-order valence-corrected chi connectivity index (χ0v) is 13.1. The molecule has 0 aliphatic carbocycles. The summed E-state index contributed by atoms with van der Waals surface area (Å²) in [6.07, 6.45) is 3.31. The third kappa shape index (κ3) is 4.46. The Kier molecular flexibility index (Phi) is 6.05. The summed E-state index contributed by atoms with van der Waals surface area (Å²) < 4.78 is 5.22. The number of hydrogen-bond acceptors (Lipinski definition) is 3. The van der Waals surface area contributed by atoms with Crippen LogP contribution in [0.25, 0.3) is 0 Å². The first kappa shape index (κ1) is 15.8. The van der Waals surface area contributed by atoms with E-state index in [2.05, 4.69) is 12.2 Å². The number of likely N-dealkylation sites (tertiary alicyclic amines) is 1. The molecule has 21 heavy (non-hydrogen) atoms. The molecule has 1 fully saturated rings. The van der Waals surface area contributed by atoms with E-state index in [9.17, 15) is 4.79 Å². The highest BCUT2D eigenvalue weighted by molar-refractivity contribution is 5.94. The summed E-state index contributed by atoms with van der Waals surface area (Å²) in [4.78, 5) is 14.5. The van der Waals surface area contributed by atoms with Crippen molar-refractivity contribution in [3.63, 3.8) is 0 Å². The fraction of sp³-hybridized carbons (Fsp3) is 0.588. The van der Waals surface area contributed by atoms with Gasteiger partial charge in [0.05, 0.1) is 6.61 Å². The molecule has 0 saturated carbocycles. The maximum Gasteiger partial charge on any atom is 0.253 e. The van der Waals surface area contributed by atoms with Gasteiger partial charge in [-0.15, -0.1) is 0 Å². The van der Waals surface area contributed by atoms with Crippen LogP contribution < -0.4 is 5.32 Å². The molecular weight excluding hydrogens is 264 g/mol. The van der Waals surface area contributed by atoms with Crippen LogP contribution in [0.3, 0.4) is 0 Å². The number of anilines is 1. The number of nitrogens with one attached hydrogen (secondary N) is 1. The van der Waals surface area contributed by atoms with Crippen LogP contribution >= 0.6 is 0 Å². The van der Waals surface area contributed by atoms with Gasteiger partial charge in [0.1, 0.15) is 0 Å². The number of amides is 1. The predicted octanol–water partition coefficient (Wildman–Crippen LogP) is 3.01. The van der Waals surface area contributed by atoms with Gasteiger partial charge in [0.2, 0.25) is 0 Å². The molecule has 1 N–H and O–H groups in total. The van der Waals surface area contributed by atoms with Crippen LogP contribution in [0.2, 0.25) is 0 Å². The first-order chi connectivity index (χ1) is 10.2. The Morgan fingerprint density at radius 3 is 2.81 bits per heavy atom. The molecule has 0 aromatic heterocycles. The number of rotatable bonds is 6. The van der Waals surface area contributed by atoms with Crippen LogP contribution in [-0.2, 0) is 4.74 Å². The first-order valence-corrected chi connectivity index (χ1v) is 7.86. The minimum Gasteiger partial charge on any atom is -0.385 e. The SMILES string of the molecule is CCCNc1ccc(C(=O)N2CCCC(COC)C2)cc1. The molecule has 4 nitrogen and oxygen atoms in total. The van der Waals surface area contributed by atoms with E-state index < -0.39 is 0 Å². The van der Waals surface area contributed by atoms with E-state index in [0.29, 0.717) is 5.92 Å². The van der Waals surface area contributed by atoms with Crippen LogP contribution in [0.5, 0.6) is 0 Å². The lowest BCUT2D eigenvalue weighted by Gasteiger charge is -2.32. The van der Waals surface area contributed by atoms with Crippen molar-refractivity contribution in [3.8, 4) is 0 Å². The van der Waals surface area contributed by atoms with Crippen LogP contribution in [0, 0.1) is 5.92 Å². The number of ether oxygens (including phenoxy) is 1. The molecule has 1 atom stereocenters. The predicted molar refractivity (Wildman–Crippen MR) is 85.7 cm³/mol. The van der Waals surface area contributed by atoms with Crippen molar-refractivity contribution in [3.05, 3.63) is 29.8 Å². The summed E-state index contributed by atoms with van der Waals surface area (Å²) in [5, 5.41) is 3.32. The highest BCUT2D eigenvalue weighted by Crippen LogP contribution is 2.19. The Morgan fingerprint density at radius 2 is 2.14 bits per heavy atom. The van der Waals surface area contributed by atoms with E-state index in [0.717, 1.165) is 56.8 Å². The molecule has 2 rings (SSSR count). The van der Waals surface area contributed by atoms with E-state index in [1.807, 2.05) is 29.2 Å². The molecule has 0 spiro atoms. The second-order valence-electron chi connectivity index (χ2n) is 5.72. The quantitative estimate of drug-likeness (QED) is 0.875. The maximum atomic E-state index is 12.5. The van der Waals surface area contributed by atoms with Crippen molar-refractivity contribution in [1.29, 1.82) is 0 Å². The number of hydrogen-bond donors (Lipinski definition) is 1. The normalized spacial score (nSPS) is 18.6. The molecule has 116 valence electrons. The van der Waals surface area contributed by atoms with E-state index >= 15 is 0 Å². The largest absolute Gasteiger partial charge is 0.385 e. The number of benzene rings is 1. The van der Waals surface area contributed by atoms with Crippen LogP contribution in [0.4, 0.5) is 5.69 Å². The molecule has 1 aliphatic heterocycles. The van der Waals surface area contributed by atoms with Crippen LogP contribution in [0.15, 0.2) is 24.3 Å². The molecule has 1 amide bonds. The van der Waals surface area contributed by atoms with Gasteiger partial charge in [-0.05, 0) is 49.4 Å². The second-order valence-corrected chi connectivity index (χ2v) is 5.72. The number of piperidine rings is 1. The summed E-state index contributed by atoms with van der Waals surface area (Å²) in [5.74, 6) is 0.607. The van der Waals surface area contributed by atoms with Gasteiger partial charge >= 0.3 is 0 Å². The fourth-order valence-electron chi connectivity index (χ4n) is 2.80. The van der Waals surface area contributed by atoms with Crippen molar-refractivity contribution < 1.29 is 9.53 Å². The minimum atomic E-state index is 0.137. The Bertz CT molecular complexity index is 443. The smallest absolute Gasteiger partial charge is 0.253 e. The highest BCUT2D eigenvalue weighted by atomic mass is 16.5. The van der Waals surface area contributed by atoms with Gasteiger partial charge in [0.25, 0.3) is 5.91 Å². The van der Waals surface area contributed by atoms with Gasteiger partial charge in [0.15, 0.2) is 0 Å². The van der Waals surface area contributed by atoms with Crippen molar-refractivity contribution >= 4 is 11.6 Å². The molecule has 0 radical (unpaired) electrons. The lowest BCUT2D eigenvalue weighted by atomic mass is 9.98. The molecular formula is C17H26N2O2. The summed E-state index contributed by atoms with van der Waals surface area (Å²) in [6.45, 7) is 5.50. The fourth-order valence-corrected chi connectivity index (χ4v) is 2.80. The summed E-state index contributed by atoms with van der Waals surface area (Å²) in [5.41, 5.74) is 1.85. The van der Waals surface area contributed by atoms with Crippen LogP contribution in [-0.4, -0.2) is 44.2 Å². The van der Waals surface area contributed by atoms with Crippen molar-refractivity contribution in [2.45, 2.75) is 26.2 Å².